The fraction of sp³-hybridized carbons (Fsp3) is 0.0833. The van der Waals surface area contributed by atoms with Gasteiger partial charge in [0, 0.05) is 19.7 Å². The third-order valence-corrected chi connectivity index (χ3v) is 4.42. The number of carbonyl (C=O) groups is 2. The zero-order chi connectivity index (χ0) is 20.6. The van der Waals surface area contributed by atoms with Crippen molar-refractivity contribution in [1.29, 1.82) is 0 Å². The second-order valence-corrected chi connectivity index (χ2v) is 6.47. The van der Waals surface area contributed by atoms with E-state index < -0.39 is 0 Å². The van der Waals surface area contributed by atoms with E-state index in [-0.39, 0.29) is 17.6 Å². The molecule has 3 rings (SSSR count). The maximum Gasteiger partial charge on any atom is 0.253 e. The van der Waals surface area contributed by atoms with Gasteiger partial charge in [0.05, 0.1) is 11.3 Å². The number of anilines is 1. The molecule has 1 N–H and O–H groups in total. The van der Waals surface area contributed by atoms with Crippen molar-refractivity contribution in [2.45, 2.75) is 6.54 Å². The highest BCUT2D eigenvalue weighted by Crippen LogP contribution is 2.20. The van der Waals surface area contributed by atoms with Gasteiger partial charge in [0.2, 0.25) is 0 Å². The maximum atomic E-state index is 13.0. The number of likely N-dealkylation sites (N-methyl/N-ethyl adjacent to an activating group) is 1. The van der Waals surface area contributed by atoms with Gasteiger partial charge in [-0.3, -0.25) is 9.59 Å². The summed E-state index contributed by atoms with van der Waals surface area (Å²) in [6, 6.07) is 22.4. The standard InChI is InChI=1S/C24H21FN2O2/c1-27(23(28)16-13-18-11-14-20(25)15-12-18)22-10-6-5-9-21(22)24(29)26-17-19-7-3-2-4-8-19/h2-16H,17H2,1H3,(H,26,29). The summed E-state index contributed by atoms with van der Waals surface area (Å²) in [5, 5.41) is 2.88. The Hall–Kier alpha value is -3.73. The van der Waals surface area contributed by atoms with Crippen LogP contribution in [0.1, 0.15) is 21.5 Å². The summed E-state index contributed by atoms with van der Waals surface area (Å²) in [6.07, 6.45) is 3.00. The first-order valence-electron chi connectivity index (χ1n) is 9.17. The summed E-state index contributed by atoms with van der Waals surface area (Å²) in [5.74, 6) is -0.884. The lowest BCUT2D eigenvalue weighted by Crippen LogP contribution is -2.29. The van der Waals surface area contributed by atoms with Crippen molar-refractivity contribution in [1.82, 2.24) is 5.32 Å². The molecule has 29 heavy (non-hydrogen) atoms. The SMILES string of the molecule is CN(C(=O)C=Cc1ccc(F)cc1)c1ccccc1C(=O)NCc1ccccc1. The first-order chi connectivity index (χ1) is 14.0. The molecule has 0 aliphatic rings. The van der Waals surface area contributed by atoms with Gasteiger partial charge in [0.15, 0.2) is 0 Å². The molecule has 0 heterocycles. The number of amides is 2. The zero-order valence-corrected chi connectivity index (χ0v) is 16.0. The lowest BCUT2D eigenvalue weighted by Gasteiger charge is -2.19. The van der Waals surface area contributed by atoms with Gasteiger partial charge in [-0.25, -0.2) is 4.39 Å². The molecule has 0 atom stereocenters. The van der Waals surface area contributed by atoms with E-state index in [4.69, 9.17) is 0 Å². The molecule has 0 spiro atoms. The first kappa shape index (κ1) is 20.0. The Bertz CT molecular complexity index is 1010. The summed E-state index contributed by atoms with van der Waals surface area (Å²) in [5.41, 5.74) is 2.62. The van der Waals surface area contributed by atoms with Crippen LogP contribution >= 0.6 is 0 Å². The van der Waals surface area contributed by atoms with E-state index in [0.717, 1.165) is 5.56 Å². The molecule has 0 unspecified atom stereocenters. The van der Waals surface area contributed by atoms with E-state index >= 15 is 0 Å². The van der Waals surface area contributed by atoms with Crippen LogP contribution in [-0.4, -0.2) is 18.9 Å². The molecule has 0 saturated carbocycles. The van der Waals surface area contributed by atoms with Crippen molar-refractivity contribution in [3.8, 4) is 0 Å². The summed E-state index contributed by atoms with van der Waals surface area (Å²) in [7, 11) is 1.61. The smallest absolute Gasteiger partial charge is 0.253 e. The van der Waals surface area contributed by atoms with Crippen molar-refractivity contribution < 1.29 is 14.0 Å². The number of hydrogen-bond donors (Lipinski definition) is 1. The first-order valence-corrected chi connectivity index (χ1v) is 9.17. The van der Waals surface area contributed by atoms with E-state index in [2.05, 4.69) is 5.32 Å². The number of carbonyl (C=O) groups excluding carboxylic acids is 2. The molecule has 3 aromatic rings. The largest absolute Gasteiger partial charge is 0.348 e. The van der Waals surface area contributed by atoms with Crippen LogP contribution in [0.25, 0.3) is 6.08 Å². The van der Waals surface area contributed by atoms with Gasteiger partial charge in [0.1, 0.15) is 5.82 Å². The molecule has 4 nitrogen and oxygen atoms in total. The minimum atomic E-state index is -0.332. The van der Waals surface area contributed by atoms with Crippen LogP contribution in [0.5, 0.6) is 0 Å². The Morgan fingerprint density at radius 1 is 0.931 bits per heavy atom. The molecule has 0 saturated heterocycles. The lowest BCUT2D eigenvalue weighted by atomic mass is 10.1. The van der Waals surface area contributed by atoms with Crippen LogP contribution in [0, 0.1) is 5.82 Å². The van der Waals surface area contributed by atoms with Gasteiger partial charge in [-0.05, 0) is 41.5 Å². The fourth-order valence-corrected chi connectivity index (χ4v) is 2.80. The van der Waals surface area contributed by atoms with Crippen molar-refractivity contribution >= 4 is 23.6 Å². The molecular formula is C24H21FN2O2. The summed E-state index contributed by atoms with van der Waals surface area (Å²) in [4.78, 5) is 26.7. The van der Waals surface area contributed by atoms with Crippen molar-refractivity contribution in [2.75, 3.05) is 11.9 Å². The third-order valence-electron chi connectivity index (χ3n) is 4.42. The van der Waals surface area contributed by atoms with E-state index in [0.29, 0.717) is 23.4 Å². The number of hydrogen-bond acceptors (Lipinski definition) is 2. The number of halogens is 1. The predicted molar refractivity (Wildman–Crippen MR) is 113 cm³/mol. The Morgan fingerprint density at radius 3 is 2.31 bits per heavy atom. The average Bonchev–Trinajstić information content (AvgIpc) is 2.77. The topological polar surface area (TPSA) is 49.4 Å². The molecule has 146 valence electrons. The fourth-order valence-electron chi connectivity index (χ4n) is 2.80. The predicted octanol–water partition coefficient (Wildman–Crippen LogP) is 4.43. The normalized spacial score (nSPS) is 10.7. The zero-order valence-electron chi connectivity index (χ0n) is 16.0. The van der Waals surface area contributed by atoms with E-state index in [1.165, 1.54) is 23.1 Å². The van der Waals surface area contributed by atoms with Crippen LogP contribution in [0.3, 0.4) is 0 Å². The number of nitrogens with zero attached hydrogens (tertiary/aromatic N) is 1. The highest BCUT2D eigenvalue weighted by atomic mass is 19.1. The molecule has 5 heteroatoms. The van der Waals surface area contributed by atoms with Gasteiger partial charge in [-0.1, -0.05) is 54.6 Å². The van der Waals surface area contributed by atoms with E-state index in [1.54, 1.807) is 49.5 Å². The van der Waals surface area contributed by atoms with Gasteiger partial charge < -0.3 is 10.2 Å². The Morgan fingerprint density at radius 2 is 1.59 bits per heavy atom. The Balaban J connectivity index is 1.71. The molecule has 0 bridgehead atoms. The third kappa shape index (κ3) is 5.39. The van der Waals surface area contributed by atoms with Gasteiger partial charge in [-0.15, -0.1) is 0 Å². The second kappa shape index (κ2) is 9.46. The van der Waals surface area contributed by atoms with Crippen LogP contribution in [0.2, 0.25) is 0 Å². The van der Waals surface area contributed by atoms with E-state index in [1.807, 2.05) is 30.3 Å². The van der Waals surface area contributed by atoms with Crippen LogP contribution < -0.4 is 10.2 Å². The van der Waals surface area contributed by atoms with Crippen LogP contribution in [0.4, 0.5) is 10.1 Å². The van der Waals surface area contributed by atoms with Crippen LogP contribution in [0.15, 0.2) is 84.9 Å². The van der Waals surface area contributed by atoms with Crippen molar-refractivity contribution in [3.05, 3.63) is 107 Å². The molecule has 0 aromatic heterocycles. The molecular weight excluding hydrogens is 367 g/mol. The number of rotatable bonds is 6. The van der Waals surface area contributed by atoms with Crippen LogP contribution in [-0.2, 0) is 11.3 Å². The summed E-state index contributed by atoms with van der Waals surface area (Å²) in [6.45, 7) is 0.399. The summed E-state index contributed by atoms with van der Waals surface area (Å²) < 4.78 is 13.0. The minimum Gasteiger partial charge on any atom is -0.348 e. The Labute approximate surface area is 169 Å². The minimum absolute atomic E-state index is 0.258. The molecule has 0 fully saturated rings. The molecule has 0 aliphatic carbocycles. The Kier molecular flexibility index (Phi) is 6.53. The number of benzene rings is 3. The van der Waals surface area contributed by atoms with Crippen molar-refractivity contribution in [2.24, 2.45) is 0 Å². The second-order valence-electron chi connectivity index (χ2n) is 6.47. The molecule has 2 amide bonds. The monoisotopic (exact) mass is 388 g/mol. The van der Waals surface area contributed by atoms with E-state index in [9.17, 15) is 14.0 Å². The number of nitrogens with one attached hydrogen (secondary N) is 1. The quantitative estimate of drug-likeness (QED) is 0.635. The lowest BCUT2D eigenvalue weighted by molar-refractivity contribution is -0.113. The van der Waals surface area contributed by atoms with Gasteiger partial charge in [0.25, 0.3) is 11.8 Å². The van der Waals surface area contributed by atoms with Gasteiger partial charge >= 0.3 is 0 Å². The maximum absolute atomic E-state index is 13.0. The van der Waals surface area contributed by atoms with Crippen molar-refractivity contribution in [3.63, 3.8) is 0 Å². The number of para-hydroxylation sites is 1. The summed E-state index contributed by atoms with van der Waals surface area (Å²) >= 11 is 0. The molecule has 0 aliphatic heterocycles. The highest BCUT2D eigenvalue weighted by Gasteiger charge is 2.16. The molecule has 3 aromatic carbocycles. The highest BCUT2D eigenvalue weighted by molar-refractivity contribution is 6.08. The molecule has 0 radical (unpaired) electrons. The van der Waals surface area contributed by atoms with Gasteiger partial charge in [-0.2, -0.15) is 0 Å². The average molecular weight is 388 g/mol.